The van der Waals surface area contributed by atoms with Crippen LogP contribution in [0.25, 0.3) is 0 Å². The van der Waals surface area contributed by atoms with Crippen LogP contribution in [0, 0.1) is 0 Å². The predicted molar refractivity (Wildman–Crippen MR) is 128 cm³/mol. The smallest absolute Gasteiger partial charge is 0.334 e. The Morgan fingerprint density at radius 2 is 1.72 bits per heavy atom. The molecule has 1 heterocycles. The number of aromatic nitrogens is 3. The quantitative estimate of drug-likeness (QED) is 0.570. The predicted octanol–water partition coefficient (Wildman–Crippen LogP) is 4.46. The highest BCUT2D eigenvalue weighted by Gasteiger charge is 2.12. The average molecular weight is 476 g/mol. The first-order chi connectivity index (χ1) is 15.2. The van der Waals surface area contributed by atoms with Crippen molar-refractivity contribution in [3.8, 4) is 5.75 Å². The number of halogens is 2. The summed E-state index contributed by atoms with van der Waals surface area (Å²) >= 11 is 12.4. The van der Waals surface area contributed by atoms with E-state index in [0.717, 1.165) is 5.56 Å². The Morgan fingerprint density at radius 3 is 2.28 bits per heavy atom. The van der Waals surface area contributed by atoms with E-state index < -0.39 is 0 Å². The van der Waals surface area contributed by atoms with Gasteiger partial charge >= 0.3 is 5.69 Å². The molecule has 3 rings (SSSR count). The zero-order valence-corrected chi connectivity index (χ0v) is 20.3. The molecule has 0 atom stereocenters. The molecular weight excluding hydrogens is 449 g/mol. The molecule has 170 valence electrons. The first-order valence-corrected chi connectivity index (χ1v) is 11.1. The van der Waals surface area contributed by atoms with E-state index in [1.165, 1.54) is 0 Å². The number of benzene rings is 2. The van der Waals surface area contributed by atoms with Crippen molar-refractivity contribution in [2.75, 3.05) is 7.05 Å². The topological polar surface area (TPSA) is 76.7 Å². The lowest BCUT2D eigenvalue weighted by Crippen LogP contribution is -2.51. The fraction of sp³-hybridized carbons (Fsp3) is 0.348. The second-order valence-electron chi connectivity index (χ2n) is 7.85. The van der Waals surface area contributed by atoms with Gasteiger partial charge in [0.05, 0.1) is 23.4 Å². The second-order valence-corrected chi connectivity index (χ2v) is 8.69. The molecule has 0 aliphatic rings. The molecule has 0 amide bonds. The van der Waals surface area contributed by atoms with Crippen LogP contribution in [0.15, 0.2) is 57.2 Å². The van der Waals surface area contributed by atoms with E-state index in [2.05, 4.69) is 15.0 Å². The van der Waals surface area contributed by atoms with Gasteiger partial charge in [0, 0.05) is 18.1 Å². The Hall–Kier alpha value is -2.77. The fourth-order valence-electron chi connectivity index (χ4n) is 3.20. The Morgan fingerprint density at radius 1 is 1.03 bits per heavy atom. The number of nitrogens with one attached hydrogen (secondary N) is 1. The maximum absolute atomic E-state index is 13.4. The van der Waals surface area contributed by atoms with Crippen molar-refractivity contribution in [3.05, 3.63) is 79.8 Å². The number of nitrogens with zero attached hydrogens (tertiary/aromatic N) is 4. The molecule has 7 nitrogen and oxygen atoms in total. The molecule has 0 unspecified atom stereocenters. The van der Waals surface area contributed by atoms with E-state index in [1.54, 1.807) is 46.5 Å². The lowest BCUT2D eigenvalue weighted by molar-refractivity contribution is 0.242. The Kier molecular flexibility index (Phi) is 7.64. The highest BCUT2D eigenvalue weighted by atomic mass is 35.5. The highest BCUT2D eigenvalue weighted by molar-refractivity contribution is 6.32. The van der Waals surface area contributed by atoms with Gasteiger partial charge in [-0.15, -0.1) is 0 Å². The fourth-order valence-corrected chi connectivity index (χ4v) is 3.55. The zero-order chi connectivity index (χ0) is 23.4. The third kappa shape index (κ3) is 5.53. The molecule has 0 aliphatic carbocycles. The molecule has 3 aromatic rings. The van der Waals surface area contributed by atoms with Crippen LogP contribution in [0.1, 0.15) is 39.3 Å². The van der Waals surface area contributed by atoms with E-state index in [-0.39, 0.29) is 17.8 Å². The molecule has 0 saturated carbocycles. The lowest BCUT2D eigenvalue weighted by atomic mass is 10.2. The number of H-pyrrole nitrogens is 1. The molecule has 0 spiro atoms. The summed E-state index contributed by atoms with van der Waals surface area (Å²) in [5.41, 5.74) is 2.06. The molecule has 0 aliphatic heterocycles. The summed E-state index contributed by atoms with van der Waals surface area (Å²) in [6.07, 6.45) is 0.00232. The van der Waals surface area contributed by atoms with Crippen molar-refractivity contribution in [1.82, 2.24) is 14.1 Å². The molecule has 2 aromatic carbocycles. The summed E-state index contributed by atoms with van der Waals surface area (Å²) in [6, 6.07) is 12.5. The van der Waals surface area contributed by atoms with Crippen LogP contribution in [0.2, 0.25) is 10.0 Å². The highest BCUT2D eigenvalue weighted by Crippen LogP contribution is 2.29. The standard InChI is InChI=1S/C23H27Cl2N5O2/c1-14(2)30-21(26-5)28-22(27-18-10-11-20(19(25)12-18)32-15(3)4)29(23(30)31)13-16-6-8-17(24)9-7-16/h6-12,14-15H,13H2,1-5H3,(H,26,27,28). The average Bonchev–Trinajstić information content (AvgIpc) is 2.73. The summed E-state index contributed by atoms with van der Waals surface area (Å²) in [5, 5.41) is 1.08. The van der Waals surface area contributed by atoms with Crippen LogP contribution in [-0.4, -0.2) is 27.3 Å². The van der Waals surface area contributed by atoms with Crippen molar-refractivity contribution >= 4 is 28.9 Å². The summed E-state index contributed by atoms with van der Waals surface area (Å²) in [6.45, 7) is 8.04. The third-order valence-corrected chi connectivity index (χ3v) is 5.19. The van der Waals surface area contributed by atoms with Gasteiger partial charge in [0.1, 0.15) is 5.75 Å². The molecular formula is C23H27Cl2N5O2. The second kappa shape index (κ2) is 10.2. The monoisotopic (exact) mass is 475 g/mol. The number of rotatable bonds is 6. The van der Waals surface area contributed by atoms with E-state index in [0.29, 0.717) is 39.3 Å². The van der Waals surface area contributed by atoms with Crippen LogP contribution in [0.5, 0.6) is 5.75 Å². The number of hydrogen-bond donors (Lipinski definition) is 1. The number of aromatic amines is 1. The van der Waals surface area contributed by atoms with Crippen molar-refractivity contribution in [2.24, 2.45) is 9.98 Å². The van der Waals surface area contributed by atoms with Gasteiger partial charge in [0.25, 0.3) is 0 Å². The molecule has 0 fully saturated rings. The Balaban J connectivity index is 2.21. The summed E-state index contributed by atoms with van der Waals surface area (Å²) in [7, 11) is 1.63. The largest absolute Gasteiger partial charge is 0.489 e. The molecule has 0 saturated heterocycles. The maximum atomic E-state index is 13.4. The maximum Gasteiger partial charge on any atom is 0.334 e. The normalized spacial score (nSPS) is 12.8. The Bertz CT molecular complexity index is 1290. The number of ether oxygens (including phenoxy) is 1. The Labute approximate surface area is 196 Å². The lowest BCUT2D eigenvalue weighted by Gasteiger charge is -2.15. The van der Waals surface area contributed by atoms with Gasteiger partial charge < -0.3 is 4.74 Å². The van der Waals surface area contributed by atoms with Gasteiger partial charge in [-0.1, -0.05) is 35.3 Å². The van der Waals surface area contributed by atoms with Crippen LogP contribution in [0.3, 0.4) is 0 Å². The van der Waals surface area contributed by atoms with Crippen molar-refractivity contribution < 1.29 is 4.74 Å². The van der Waals surface area contributed by atoms with Crippen LogP contribution < -0.4 is 21.7 Å². The van der Waals surface area contributed by atoms with E-state index in [4.69, 9.17) is 27.9 Å². The van der Waals surface area contributed by atoms with E-state index in [1.807, 2.05) is 39.8 Å². The van der Waals surface area contributed by atoms with E-state index in [9.17, 15) is 4.79 Å². The summed E-state index contributed by atoms with van der Waals surface area (Å²) in [5.74, 6) is 0.582. The van der Waals surface area contributed by atoms with Crippen molar-refractivity contribution in [3.63, 3.8) is 0 Å². The minimum absolute atomic E-state index is 0.00232. The molecule has 32 heavy (non-hydrogen) atoms. The van der Waals surface area contributed by atoms with E-state index >= 15 is 0 Å². The van der Waals surface area contributed by atoms with Gasteiger partial charge in [0.15, 0.2) is 0 Å². The third-order valence-electron chi connectivity index (χ3n) is 4.64. The van der Waals surface area contributed by atoms with Gasteiger partial charge in [-0.2, -0.15) is 0 Å². The van der Waals surface area contributed by atoms with Crippen molar-refractivity contribution in [2.45, 2.75) is 46.4 Å². The molecule has 0 radical (unpaired) electrons. The SMILES string of the molecule is C/N=c1/[nH]/c(=N\c2ccc(OC(C)C)c(Cl)c2)n(Cc2ccc(Cl)cc2)c(=O)n1C(C)C. The first-order valence-electron chi connectivity index (χ1n) is 10.3. The minimum atomic E-state index is -0.223. The molecule has 1 N–H and O–H groups in total. The summed E-state index contributed by atoms with van der Waals surface area (Å²) in [4.78, 5) is 25.5. The zero-order valence-electron chi connectivity index (χ0n) is 18.8. The van der Waals surface area contributed by atoms with Crippen LogP contribution >= 0.6 is 23.2 Å². The van der Waals surface area contributed by atoms with Gasteiger partial charge in [0.2, 0.25) is 11.2 Å². The first kappa shape index (κ1) is 23.9. The van der Waals surface area contributed by atoms with Gasteiger partial charge in [-0.05, 0) is 63.6 Å². The molecule has 1 aromatic heterocycles. The van der Waals surface area contributed by atoms with Crippen molar-refractivity contribution in [1.29, 1.82) is 0 Å². The van der Waals surface area contributed by atoms with Gasteiger partial charge in [-0.25, -0.2) is 9.79 Å². The van der Waals surface area contributed by atoms with Crippen LogP contribution in [-0.2, 0) is 6.54 Å². The van der Waals surface area contributed by atoms with Crippen LogP contribution in [0.4, 0.5) is 5.69 Å². The molecule has 9 heteroatoms. The molecule has 0 bridgehead atoms. The number of hydrogen-bond acceptors (Lipinski definition) is 4. The summed E-state index contributed by atoms with van der Waals surface area (Å²) < 4.78 is 8.87. The minimum Gasteiger partial charge on any atom is -0.489 e. The van der Waals surface area contributed by atoms with Gasteiger partial charge in [-0.3, -0.25) is 19.1 Å².